The Bertz CT molecular complexity index is 4310. The standard InChI is InChI=1S/C70H64BN3O2/c1-67(2,3)41-21-28-45(29-22-41)72(46-30-23-42(24-31-46)68(4,5)6)48-34-35-50-56(38-48)73-55-36-27-44(70(10,11)12)37-54(55)71-64-63(66-62(61(50)65(64)73)51-18-14-16-20-59(51)76-66)53-40-60-52(49-17-13-15-19-58(49)75-60)39-57(53)74(71)47-32-25-43(26-33-47)69(7,8)9/h13-40H,1-12H3. The summed E-state index contributed by atoms with van der Waals surface area (Å²) in [6.07, 6.45) is 0. The Morgan fingerprint density at radius 3 is 1.57 bits per heavy atom. The van der Waals surface area contributed by atoms with Crippen molar-refractivity contribution >= 4 is 112 Å². The van der Waals surface area contributed by atoms with Gasteiger partial charge in [0.2, 0.25) is 0 Å². The highest BCUT2D eigenvalue weighted by molar-refractivity contribution is 6.94. The van der Waals surface area contributed by atoms with Crippen LogP contribution in [0, 0.1) is 0 Å². The summed E-state index contributed by atoms with van der Waals surface area (Å²) >= 11 is 0. The second-order valence-electron chi connectivity index (χ2n) is 25.8. The highest BCUT2D eigenvalue weighted by atomic mass is 16.3. The summed E-state index contributed by atoms with van der Waals surface area (Å²) in [5.41, 5.74) is 22.5. The zero-order valence-corrected chi connectivity index (χ0v) is 45.9. The average molecular weight is 990 g/mol. The second kappa shape index (κ2) is 15.8. The van der Waals surface area contributed by atoms with E-state index in [9.17, 15) is 0 Å². The van der Waals surface area contributed by atoms with Gasteiger partial charge in [0.15, 0.2) is 0 Å². The molecule has 0 saturated carbocycles. The molecule has 5 nitrogen and oxygen atoms in total. The highest BCUT2D eigenvalue weighted by Crippen LogP contribution is 2.53. The minimum absolute atomic E-state index is 0.00789. The van der Waals surface area contributed by atoms with E-state index in [4.69, 9.17) is 8.83 Å². The number of anilines is 5. The van der Waals surface area contributed by atoms with E-state index < -0.39 is 0 Å². The van der Waals surface area contributed by atoms with Gasteiger partial charge in [-0.1, -0.05) is 174 Å². The van der Waals surface area contributed by atoms with Crippen LogP contribution in [0.3, 0.4) is 0 Å². The van der Waals surface area contributed by atoms with Crippen LogP contribution < -0.4 is 20.6 Å². The van der Waals surface area contributed by atoms with Gasteiger partial charge in [0.25, 0.3) is 0 Å². The van der Waals surface area contributed by atoms with Crippen LogP contribution in [0.5, 0.6) is 0 Å². The predicted octanol–water partition coefficient (Wildman–Crippen LogP) is 18.5. The van der Waals surface area contributed by atoms with Gasteiger partial charge in [-0.25, -0.2) is 0 Å². The first-order valence-electron chi connectivity index (χ1n) is 27.2. The number of nitrogens with zero attached hydrogens (tertiary/aromatic N) is 3. The molecule has 0 spiro atoms. The van der Waals surface area contributed by atoms with Crippen LogP contribution in [-0.4, -0.2) is 11.4 Å². The molecule has 14 rings (SSSR count). The van der Waals surface area contributed by atoms with Crippen LogP contribution in [0.25, 0.3) is 82.5 Å². The van der Waals surface area contributed by atoms with Crippen molar-refractivity contribution in [1.82, 2.24) is 4.57 Å². The summed E-state index contributed by atoms with van der Waals surface area (Å²) in [4.78, 5) is 5.08. The molecule has 6 heteroatoms. The van der Waals surface area contributed by atoms with Crippen LogP contribution in [0.2, 0.25) is 0 Å². The number of para-hydroxylation sites is 2. The maximum absolute atomic E-state index is 7.36. The molecule has 2 aliphatic heterocycles. The van der Waals surface area contributed by atoms with Crippen molar-refractivity contribution in [2.24, 2.45) is 0 Å². The molecule has 12 aromatic rings. The number of rotatable bonds is 4. The molecule has 0 amide bonds. The Morgan fingerprint density at radius 1 is 0.421 bits per heavy atom. The first-order valence-corrected chi connectivity index (χ1v) is 27.2. The summed E-state index contributed by atoms with van der Waals surface area (Å²) in [7, 11) is 0. The van der Waals surface area contributed by atoms with Crippen molar-refractivity contribution < 1.29 is 8.83 Å². The fourth-order valence-electron chi connectivity index (χ4n) is 12.7. The summed E-state index contributed by atoms with van der Waals surface area (Å²) < 4.78 is 16.8. The third-order valence-electron chi connectivity index (χ3n) is 16.8. The fraction of sp³-hybridized carbons (Fsp3) is 0.229. The SMILES string of the molecule is CC(C)(C)c1ccc(N2B3c4cc(C(C)(C)C)ccc4-n4c5cc(N(c6ccc(C(C)(C)C)cc6)c6ccc(C(C)(C)C)cc6)ccc5c5c6c(oc7ccccc76)c(c3c54)-c3cc4oc5ccccc5c4cc32)cc1. The summed E-state index contributed by atoms with van der Waals surface area (Å²) in [6, 6.07) is 64.0. The van der Waals surface area contributed by atoms with E-state index >= 15 is 0 Å². The molecule has 2 aliphatic rings. The van der Waals surface area contributed by atoms with Gasteiger partial charge in [0.1, 0.15) is 22.3 Å². The number of benzene rings is 9. The lowest BCUT2D eigenvalue weighted by molar-refractivity contribution is 0.590. The molecule has 374 valence electrons. The van der Waals surface area contributed by atoms with E-state index in [1.165, 1.54) is 55.2 Å². The van der Waals surface area contributed by atoms with Gasteiger partial charge in [-0.15, -0.1) is 0 Å². The van der Waals surface area contributed by atoms with Crippen molar-refractivity contribution in [3.63, 3.8) is 0 Å². The lowest BCUT2D eigenvalue weighted by Gasteiger charge is -2.42. The lowest BCUT2D eigenvalue weighted by atomic mass is 9.43. The molecule has 9 aromatic carbocycles. The van der Waals surface area contributed by atoms with Crippen molar-refractivity contribution in [2.75, 3.05) is 9.71 Å². The van der Waals surface area contributed by atoms with Crippen molar-refractivity contribution in [2.45, 2.75) is 105 Å². The van der Waals surface area contributed by atoms with Gasteiger partial charge in [-0.05, 0) is 134 Å². The molecule has 0 aliphatic carbocycles. The number of hydrogen-bond acceptors (Lipinski definition) is 4. The van der Waals surface area contributed by atoms with E-state index in [0.717, 1.165) is 89.0 Å². The zero-order chi connectivity index (χ0) is 52.5. The van der Waals surface area contributed by atoms with Gasteiger partial charge in [0.05, 0.1) is 11.0 Å². The third kappa shape index (κ3) is 6.84. The number of aromatic nitrogens is 1. The molecule has 0 radical (unpaired) electrons. The maximum Gasteiger partial charge on any atom is 0.333 e. The minimum Gasteiger partial charge on any atom is -0.456 e. The molecule has 76 heavy (non-hydrogen) atoms. The van der Waals surface area contributed by atoms with Gasteiger partial charge in [-0.2, -0.15) is 0 Å². The molecule has 0 unspecified atom stereocenters. The van der Waals surface area contributed by atoms with Gasteiger partial charge in [-0.3, -0.25) is 0 Å². The highest BCUT2D eigenvalue weighted by Gasteiger charge is 2.47. The van der Waals surface area contributed by atoms with Gasteiger partial charge < -0.3 is 23.1 Å². The van der Waals surface area contributed by atoms with E-state index in [0.29, 0.717) is 0 Å². The van der Waals surface area contributed by atoms with Crippen LogP contribution >= 0.6 is 0 Å². The molecule has 5 heterocycles. The quantitative estimate of drug-likeness (QED) is 0.165. The smallest absolute Gasteiger partial charge is 0.333 e. The Morgan fingerprint density at radius 2 is 0.961 bits per heavy atom. The Balaban J connectivity index is 1.14. The van der Waals surface area contributed by atoms with Gasteiger partial charge in [0, 0.05) is 77.6 Å². The Kier molecular flexibility index (Phi) is 9.68. The number of fused-ring (bicyclic) bond motifs is 16. The Labute approximate surface area is 446 Å². The molecule has 0 saturated heterocycles. The van der Waals surface area contributed by atoms with Gasteiger partial charge >= 0.3 is 6.85 Å². The zero-order valence-electron chi connectivity index (χ0n) is 45.9. The van der Waals surface area contributed by atoms with Crippen LogP contribution in [0.1, 0.15) is 105 Å². The first-order chi connectivity index (χ1) is 36.2. The molecular weight excluding hydrogens is 926 g/mol. The fourth-order valence-corrected chi connectivity index (χ4v) is 12.7. The summed E-state index contributed by atoms with van der Waals surface area (Å²) in [6.45, 7) is 27.4. The third-order valence-corrected chi connectivity index (χ3v) is 16.8. The maximum atomic E-state index is 7.36. The summed E-state index contributed by atoms with van der Waals surface area (Å²) in [5, 5.41) is 6.86. The van der Waals surface area contributed by atoms with Crippen molar-refractivity contribution in [3.05, 3.63) is 192 Å². The van der Waals surface area contributed by atoms with E-state index in [1.807, 2.05) is 0 Å². The van der Waals surface area contributed by atoms with Crippen molar-refractivity contribution in [1.29, 1.82) is 0 Å². The molecular formula is C70H64BN3O2. The molecule has 0 bridgehead atoms. The average Bonchev–Trinajstić information content (AvgIpc) is 4.14. The van der Waals surface area contributed by atoms with E-state index in [1.54, 1.807) is 0 Å². The Hall–Kier alpha value is -7.96. The molecule has 0 fully saturated rings. The van der Waals surface area contributed by atoms with E-state index in [-0.39, 0.29) is 28.5 Å². The van der Waals surface area contributed by atoms with Crippen molar-refractivity contribution in [3.8, 4) is 16.8 Å². The minimum atomic E-state index is -0.216. The van der Waals surface area contributed by atoms with E-state index in [2.05, 4.69) is 267 Å². The normalized spacial score (nSPS) is 13.7. The summed E-state index contributed by atoms with van der Waals surface area (Å²) in [5.74, 6) is 0. The lowest BCUT2D eigenvalue weighted by Crippen LogP contribution is -2.60. The monoisotopic (exact) mass is 990 g/mol. The van der Waals surface area contributed by atoms with Crippen LogP contribution in [0.4, 0.5) is 28.4 Å². The predicted molar refractivity (Wildman–Crippen MR) is 324 cm³/mol. The number of hydrogen-bond donors (Lipinski definition) is 0. The topological polar surface area (TPSA) is 37.7 Å². The largest absolute Gasteiger partial charge is 0.456 e. The molecule has 0 atom stereocenters. The molecule has 3 aromatic heterocycles. The first kappa shape index (κ1) is 46.6. The number of furan rings is 2. The molecule has 0 N–H and O–H groups in total. The van der Waals surface area contributed by atoms with Crippen LogP contribution in [0.15, 0.2) is 179 Å². The second-order valence-corrected chi connectivity index (χ2v) is 25.8. The van der Waals surface area contributed by atoms with Crippen LogP contribution in [-0.2, 0) is 21.7 Å².